The maximum absolute atomic E-state index is 14.2. The van der Waals surface area contributed by atoms with Crippen molar-refractivity contribution in [2.75, 3.05) is 20.3 Å². The molecule has 0 spiro atoms. The fourth-order valence-electron chi connectivity index (χ4n) is 2.87. The second kappa shape index (κ2) is 8.76. The zero-order valence-corrected chi connectivity index (χ0v) is 13.8. The minimum atomic E-state index is -0.0794. The third-order valence-electron chi connectivity index (χ3n) is 4.02. The van der Waals surface area contributed by atoms with Crippen LogP contribution in [0.1, 0.15) is 38.2 Å². The number of rotatable bonds is 7. The molecule has 1 aliphatic rings. The Hall–Kier alpha value is -0.580. The van der Waals surface area contributed by atoms with E-state index in [1.807, 2.05) is 6.07 Å². The SMILES string of the molecule is COCCNCc1cccc(F)c1SC1CCCC(C)C1. The Morgan fingerprint density at radius 2 is 2.24 bits per heavy atom. The number of nitrogens with one attached hydrogen (secondary N) is 1. The molecule has 0 aromatic heterocycles. The lowest BCUT2D eigenvalue weighted by molar-refractivity contribution is 0.199. The summed E-state index contributed by atoms with van der Waals surface area (Å²) in [5, 5.41) is 3.87. The molecule has 21 heavy (non-hydrogen) atoms. The Balaban J connectivity index is 1.99. The van der Waals surface area contributed by atoms with Crippen LogP contribution in [0.2, 0.25) is 0 Å². The molecule has 0 radical (unpaired) electrons. The lowest BCUT2D eigenvalue weighted by Gasteiger charge is -2.27. The molecule has 0 aliphatic heterocycles. The fourth-order valence-corrected chi connectivity index (χ4v) is 4.39. The molecule has 0 bridgehead atoms. The molecule has 2 nitrogen and oxygen atoms in total. The van der Waals surface area contributed by atoms with Gasteiger partial charge in [0.25, 0.3) is 0 Å². The van der Waals surface area contributed by atoms with Crippen LogP contribution in [0, 0.1) is 11.7 Å². The molecule has 0 saturated heterocycles. The van der Waals surface area contributed by atoms with E-state index in [1.54, 1.807) is 31.0 Å². The Bertz CT molecular complexity index is 441. The highest BCUT2D eigenvalue weighted by Crippen LogP contribution is 2.38. The summed E-state index contributed by atoms with van der Waals surface area (Å²) in [7, 11) is 1.69. The monoisotopic (exact) mass is 311 g/mol. The molecular weight excluding hydrogens is 285 g/mol. The third kappa shape index (κ3) is 5.28. The van der Waals surface area contributed by atoms with Gasteiger partial charge >= 0.3 is 0 Å². The zero-order valence-electron chi connectivity index (χ0n) is 13.0. The van der Waals surface area contributed by atoms with E-state index in [9.17, 15) is 4.39 Å². The lowest BCUT2D eigenvalue weighted by atomic mass is 9.91. The quantitative estimate of drug-likeness (QED) is 0.761. The highest BCUT2D eigenvalue weighted by molar-refractivity contribution is 8.00. The molecule has 1 aromatic rings. The van der Waals surface area contributed by atoms with Crippen molar-refractivity contribution < 1.29 is 9.13 Å². The molecule has 4 heteroatoms. The minimum absolute atomic E-state index is 0.0794. The number of thioether (sulfide) groups is 1. The molecule has 118 valence electrons. The van der Waals surface area contributed by atoms with E-state index in [-0.39, 0.29) is 5.82 Å². The Labute approximate surface area is 131 Å². The molecule has 2 rings (SSSR count). The summed E-state index contributed by atoms with van der Waals surface area (Å²) in [5.41, 5.74) is 1.06. The number of halogens is 1. The van der Waals surface area contributed by atoms with Gasteiger partial charge in [-0.3, -0.25) is 0 Å². The van der Waals surface area contributed by atoms with E-state index in [2.05, 4.69) is 12.2 Å². The number of hydrogen-bond donors (Lipinski definition) is 1. The maximum atomic E-state index is 14.2. The molecular formula is C17H26FNOS. The first-order valence-corrected chi connectivity index (χ1v) is 8.72. The number of methoxy groups -OCH3 is 1. The standard InChI is InChI=1S/C17H26FNOS/c1-13-5-3-7-15(11-13)21-17-14(6-4-8-16(17)18)12-19-9-10-20-2/h4,6,8,13,15,19H,3,5,7,9-12H2,1-2H3. The molecule has 2 unspecified atom stereocenters. The van der Waals surface area contributed by atoms with Crippen molar-refractivity contribution >= 4 is 11.8 Å². The summed E-state index contributed by atoms with van der Waals surface area (Å²) in [6.45, 7) is 4.47. The second-order valence-corrected chi connectivity index (χ2v) is 7.22. The smallest absolute Gasteiger partial charge is 0.137 e. The van der Waals surface area contributed by atoms with E-state index < -0.39 is 0 Å². The van der Waals surface area contributed by atoms with Gasteiger partial charge in [-0.1, -0.05) is 31.9 Å². The average Bonchev–Trinajstić information content (AvgIpc) is 2.47. The molecule has 2 atom stereocenters. The highest BCUT2D eigenvalue weighted by atomic mass is 32.2. The molecule has 1 saturated carbocycles. The van der Waals surface area contributed by atoms with Gasteiger partial charge in [-0.05, 0) is 30.4 Å². The van der Waals surface area contributed by atoms with Gasteiger partial charge in [0.1, 0.15) is 5.82 Å². The third-order valence-corrected chi connectivity index (χ3v) is 5.47. The van der Waals surface area contributed by atoms with E-state index in [0.29, 0.717) is 18.4 Å². The molecule has 1 aromatic carbocycles. The summed E-state index contributed by atoms with van der Waals surface area (Å²) in [6, 6.07) is 5.40. The minimum Gasteiger partial charge on any atom is -0.383 e. The van der Waals surface area contributed by atoms with Crippen molar-refractivity contribution in [3.63, 3.8) is 0 Å². The van der Waals surface area contributed by atoms with Crippen LogP contribution < -0.4 is 5.32 Å². The summed E-state index contributed by atoms with van der Waals surface area (Å²) < 4.78 is 19.2. The summed E-state index contributed by atoms with van der Waals surface area (Å²) in [6.07, 6.45) is 5.00. The number of benzene rings is 1. The van der Waals surface area contributed by atoms with Crippen molar-refractivity contribution in [3.05, 3.63) is 29.6 Å². The first kappa shape index (κ1) is 16.8. The number of hydrogen-bond acceptors (Lipinski definition) is 3. The van der Waals surface area contributed by atoms with Crippen LogP contribution in [0.15, 0.2) is 23.1 Å². The molecule has 0 heterocycles. The summed E-state index contributed by atoms with van der Waals surface area (Å²) >= 11 is 1.74. The fraction of sp³-hybridized carbons (Fsp3) is 0.647. The van der Waals surface area contributed by atoms with Gasteiger partial charge in [0.15, 0.2) is 0 Å². The van der Waals surface area contributed by atoms with Gasteiger partial charge in [0.05, 0.1) is 6.61 Å². The molecule has 0 amide bonds. The highest BCUT2D eigenvalue weighted by Gasteiger charge is 2.22. The van der Waals surface area contributed by atoms with Crippen molar-refractivity contribution in [1.29, 1.82) is 0 Å². The average molecular weight is 311 g/mol. The number of ether oxygens (including phenoxy) is 1. The van der Waals surface area contributed by atoms with Crippen LogP contribution in [0.4, 0.5) is 4.39 Å². The first-order valence-electron chi connectivity index (χ1n) is 7.84. The van der Waals surface area contributed by atoms with Gasteiger partial charge in [0.2, 0.25) is 0 Å². The van der Waals surface area contributed by atoms with Crippen LogP contribution in [-0.2, 0) is 11.3 Å². The van der Waals surface area contributed by atoms with Crippen molar-refractivity contribution in [2.24, 2.45) is 5.92 Å². The molecule has 1 fully saturated rings. The normalized spacial score (nSPS) is 22.4. The van der Waals surface area contributed by atoms with Gasteiger partial charge in [-0.25, -0.2) is 4.39 Å². The van der Waals surface area contributed by atoms with Crippen molar-refractivity contribution in [3.8, 4) is 0 Å². The molecule has 1 aliphatic carbocycles. The lowest BCUT2D eigenvalue weighted by Crippen LogP contribution is -2.20. The Morgan fingerprint density at radius 1 is 1.38 bits per heavy atom. The van der Waals surface area contributed by atoms with Crippen LogP contribution in [0.3, 0.4) is 0 Å². The van der Waals surface area contributed by atoms with Crippen molar-refractivity contribution in [2.45, 2.75) is 49.3 Å². The molecule has 1 N–H and O–H groups in total. The van der Waals surface area contributed by atoms with Crippen LogP contribution in [0.5, 0.6) is 0 Å². The van der Waals surface area contributed by atoms with Gasteiger partial charge in [-0.2, -0.15) is 0 Å². The van der Waals surface area contributed by atoms with E-state index in [4.69, 9.17) is 4.74 Å². The Kier molecular flexibility index (Phi) is 7.00. The van der Waals surface area contributed by atoms with Crippen LogP contribution >= 0.6 is 11.8 Å². The maximum Gasteiger partial charge on any atom is 0.137 e. The predicted octanol–water partition coefficient (Wildman–Crippen LogP) is 4.23. The van der Waals surface area contributed by atoms with Gasteiger partial charge in [-0.15, -0.1) is 11.8 Å². The van der Waals surface area contributed by atoms with E-state index in [1.165, 1.54) is 25.7 Å². The van der Waals surface area contributed by atoms with Gasteiger partial charge < -0.3 is 10.1 Å². The van der Waals surface area contributed by atoms with Gasteiger partial charge in [0, 0.05) is 30.3 Å². The van der Waals surface area contributed by atoms with E-state index in [0.717, 1.165) is 22.9 Å². The zero-order chi connectivity index (χ0) is 15.1. The Morgan fingerprint density at radius 3 is 3.00 bits per heavy atom. The van der Waals surface area contributed by atoms with Crippen LogP contribution in [-0.4, -0.2) is 25.5 Å². The van der Waals surface area contributed by atoms with E-state index >= 15 is 0 Å². The first-order chi connectivity index (χ1) is 10.2. The summed E-state index contributed by atoms with van der Waals surface area (Å²) in [4.78, 5) is 0.835. The van der Waals surface area contributed by atoms with Crippen molar-refractivity contribution in [1.82, 2.24) is 5.32 Å². The summed E-state index contributed by atoms with van der Waals surface area (Å²) in [5.74, 6) is 0.690. The second-order valence-electron chi connectivity index (χ2n) is 5.91. The topological polar surface area (TPSA) is 21.3 Å². The predicted molar refractivity (Wildman–Crippen MR) is 87.3 cm³/mol. The van der Waals surface area contributed by atoms with Crippen LogP contribution in [0.25, 0.3) is 0 Å². The largest absolute Gasteiger partial charge is 0.383 e.